The first kappa shape index (κ1) is 23.2. The number of nitrogens with zero attached hydrogens (tertiary/aromatic N) is 1. The molecule has 0 unspecified atom stereocenters. The van der Waals surface area contributed by atoms with E-state index in [4.69, 9.17) is 4.74 Å². The highest BCUT2D eigenvalue weighted by Crippen LogP contribution is 2.37. The Balaban J connectivity index is 1.47. The van der Waals surface area contributed by atoms with Crippen molar-refractivity contribution in [2.45, 2.75) is 44.6 Å². The number of amides is 5. The van der Waals surface area contributed by atoms with Gasteiger partial charge in [0.05, 0.1) is 0 Å². The van der Waals surface area contributed by atoms with Crippen LogP contribution in [0.2, 0.25) is 0 Å². The number of rotatable bonds is 7. The van der Waals surface area contributed by atoms with Crippen LogP contribution in [0.4, 0.5) is 10.5 Å². The van der Waals surface area contributed by atoms with Crippen LogP contribution in [0.5, 0.6) is 0 Å². The standard InChI is InChI=1S/C22H28N4O6/c1-3-14-8-10-22(11-9-14)20(30)26(21(31)25-22)12-18(28)32-13-17(27)24-16-6-4-15(5-7-16)19(29)23-2/h4-7,14H,3,8-13H2,1-2H3,(H,23,29)(H,24,27)(H,25,31). The molecule has 5 amide bonds. The summed E-state index contributed by atoms with van der Waals surface area (Å²) in [4.78, 5) is 61.7. The predicted molar refractivity (Wildman–Crippen MR) is 115 cm³/mol. The quantitative estimate of drug-likeness (QED) is 0.430. The Bertz CT molecular complexity index is 906. The molecule has 2 fully saturated rings. The Kier molecular flexibility index (Phi) is 7.12. The van der Waals surface area contributed by atoms with Crippen LogP contribution in [-0.2, 0) is 19.1 Å². The zero-order valence-electron chi connectivity index (χ0n) is 18.2. The fourth-order valence-corrected chi connectivity index (χ4v) is 4.10. The summed E-state index contributed by atoms with van der Waals surface area (Å²) in [7, 11) is 1.52. The minimum absolute atomic E-state index is 0.252. The first-order valence-electron chi connectivity index (χ1n) is 10.7. The van der Waals surface area contributed by atoms with Crippen molar-refractivity contribution in [1.29, 1.82) is 0 Å². The summed E-state index contributed by atoms with van der Waals surface area (Å²) in [6.45, 7) is 0.997. The van der Waals surface area contributed by atoms with Crippen molar-refractivity contribution < 1.29 is 28.7 Å². The highest BCUT2D eigenvalue weighted by Gasteiger charge is 2.52. The molecule has 3 N–H and O–H groups in total. The van der Waals surface area contributed by atoms with Gasteiger partial charge >= 0.3 is 12.0 Å². The molecule has 1 aromatic carbocycles. The number of urea groups is 1. The molecule has 1 spiro atoms. The molecule has 0 bridgehead atoms. The zero-order chi connectivity index (χ0) is 23.3. The monoisotopic (exact) mass is 444 g/mol. The lowest BCUT2D eigenvalue weighted by atomic mass is 9.75. The third kappa shape index (κ3) is 5.06. The summed E-state index contributed by atoms with van der Waals surface area (Å²) < 4.78 is 4.94. The van der Waals surface area contributed by atoms with E-state index < -0.39 is 42.5 Å². The fourth-order valence-electron chi connectivity index (χ4n) is 4.10. The lowest BCUT2D eigenvalue weighted by Gasteiger charge is -2.34. The molecule has 0 atom stereocenters. The number of nitrogens with one attached hydrogen (secondary N) is 3. The largest absolute Gasteiger partial charge is 0.454 e. The van der Waals surface area contributed by atoms with Gasteiger partial charge in [0.2, 0.25) is 0 Å². The highest BCUT2D eigenvalue weighted by molar-refractivity contribution is 6.08. The molecule has 1 aromatic rings. The smallest absolute Gasteiger partial charge is 0.326 e. The Hall–Kier alpha value is -3.43. The topological polar surface area (TPSA) is 134 Å². The van der Waals surface area contributed by atoms with Crippen molar-refractivity contribution in [3.05, 3.63) is 29.8 Å². The van der Waals surface area contributed by atoms with Gasteiger partial charge in [-0.25, -0.2) is 4.79 Å². The molecule has 10 heteroatoms. The van der Waals surface area contributed by atoms with Crippen LogP contribution in [0, 0.1) is 5.92 Å². The third-order valence-corrected chi connectivity index (χ3v) is 6.09. The van der Waals surface area contributed by atoms with Crippen LogP contribution in [-0.4, -0.2) is 60.4 Å². The lowest BCUT2D eigenvalue weighted by Crippen LogP contribution is -2.49. The molecule has 1 aliphatic heterocycles. The molecule has 1 saturated heterocycles. The van der Waals surface area contributed by atoms with Gasteiger partial charge in [-0.15, -0.1) is 0 Å². The normalized spacial score (nSPS) is 22.4. The minimum atomic E-state index is -0.929. The van der Waals surface area contributed by atoms with E-state index in [1.165, 1.54) is 7.05 Å². The fraction of sp³-hybridized carbons (Fsp3) is 0.500. The number of hydrogen-bond donors (Lipinski definition) is 3. The molecule has 10 nitrogen and oxygen atoms in total. The average Bonchev–Trinajstić information content (AvgIpc) is 3.02. The lowest BCUT2D eigenvalue weighted by molar-refractivity contribution is -0.150. The van der Waals surface area contributed by atoms with Crippen molar-refractivity contribution in [3.63, 3.8) is 0 Å². The second-order valence-electron chi connectivity index (χ2n) is 8.12. The van der Waals surface area contributed by atoms with Gasteiger partial charge in [-0.1, -0.05) is 13.3 Å². The van der Waals surface area contributed by atoms with Gasteiger partial charge in [0.15, 0.2) is 6.61 Å². The van der Waals surface area contributed by atoms with E-state index in [0.717, 1.165) is 24.2 Å². The molecular weight excluding hydrogens is 416 g/mol. The number of ether oxygens (including phenoxy) is 1. The van der Waals surface area contributed by atoms with Crippen LogP contribution in [0.25, 0.3) is 0 Å². The Morgan fingerprint density at radius 2 is 1.81 bits per heavy atom. The Morgan fingerprint density at radius 3 is 2.41 bits per heavy atom. The molecule has 0 aromatic heterocycles. The third-order valence-electron chi connectivity index (χ3n) is 6.09. The molecule has 3 rings (SSSR count). The van der Waals surface area contributed by atoms with E-state index in [2.05, 4.69) is 22.9 Å². The van der Waals surface area contributed by atoms with E-state index in [9.17, 15) is 24.0 Å². The van der Waals surface area contributed by atoms with Gasteiger partial charge in [0.25, 0.3) is 17.7 Å². The maximum absolute atomic E-state index is 12.8. The van der Waals surface area contributed by atoms with Crippen molar-refractivity contribution in [2.75, 3.05) is 25.5 Å². The van der Waals surface area contributed by atoms with Crippen LogP contribution in [0.1, 0.15) is 49.4 Å². The highest BCUT2D eigenvalue weighted by atomic mass is 16.5. The van der Waals surface area contributed by atoms with E-state index in [0.29, 0.717) is 30.0 Å². The van der Waals surface area contributed by atoms with Gasteiger partial charge < -0.3 is 20.7 Å². The van der Waals surface area contributed by atoms with Crippen molar-refractivity contribution in [3.8, 4) is 0 Å². The summed E-state index contributed by atoms with van der Waals surface area (Å²) in [5.41, 5.74) is -0.0646. The maximum Gasteiger partial charge on any atom is 0.326 e. The number of carbonyl (C=O) groups is 5. The van der Waals surface area contributed by atoms with Gasteiger partial charge in [0.1, 0.15) is 12.1 Å². The predicted octanol–water partition coefficient (Wildman–Crippen LogP) is 1.42. The average molecular weight is 444 g/mol. The summed E-state index contributed by atoms with van der Waals surface area (Å²) in [6, 6.07) is 5.57. The zero-order valence-corrected chi connectivity index (χ0v) is 18.2. The second kappa shape index (κ2) is 9.80. The number of benzene rings is 1. The van der Waals surface area contributed by atoms with E-state index in [-0.39, 0.29) is 5.91 Å². The molecule has 2 aliphatic rings. The molecule has 172 valence electrons. The van der Waals surface area contributed by atoms with Gasteiger partial charge in [-0.2, -0.15) is 0 Å². The van der Waals surface area contributed by atoms with Crippen molar-refractivity contribution in [2.24, 2.45) is 5.92 Å². The van der Waals surface area contributed by atoms with E-state index in [1.807, 2.05) is 0 Å². The second-order valence-corrected chi connectivity index (χ2v) is 8.12. The van der Waals surface area contributed by atoms with Crippen LogP contribution < -0.4 is 16.0 Å². The van der Waals surface area contributed by atoms with Gasteiger partial charge in [0, 0.05) is 18.3 Å². The van der Waals surface area contributed by atoms with Gasteiger partial charge in [-0.3, -0.25) is 24.1 Å². The van der Waals surface area contributed by atoms with Crippen LogP contribution in [0.3, 0.4) is 0 Å². The molecule has 1 heterocycles. The number of imide groups is 1. The minimum Gasteiger partial charge on any atom is -0.454 e. The molecule has 1 saturated carbocycles. The number of hydrogen-bond acceptors (Lipinski definition) is 6. The van der Waals surface area contributed by atoms with Gasteiger partial charge in [-0.05, 0) is 55.9 Å². The Labute approximate surface area is 186 Å². The van der Waals surface area contributed by atoms with Crippen molar-refractivity contribution in [1.82, 2.24) is 15.5 Å². The summed E-state index contributed by atoms with van der Waals surface area (Å²) in [5, 5.41) is 7.79. The molecule has 0 radical (unpaired) electrons. The van der Waals surface area contributed by atoms with E-state index in [1.54, 1.807) is 24.3 Å². The SMILES string of the molecule is CCC1CCC2(CC1)NC(=O)N(CC(=O)OCC(=O)Nc1ccc(C(=O)NC)cc1)C2=O. The molecular formula is C22H28N4O6. The van der Waals surface area contributed by atoms with Crippen LogP contribution >= 0.6 is 0 Å². The summed E-state index contributed by atoms with van der Waals surface area (Å²) >= 11 is 0. The first-order valence-corrected chi connectivity index (χ1v) is 10.7. The Morgan fingerprint density at radius 1 is 1.16 bits per heavy atom. The number of carbonyl (C=O) groups excluding carboxylic acids is 5. The van der Waals surface area contributed by atoms with Crippen molar-refractivity contribution >= 4 is 35.4 Å². The van der Waals surface area contributed by atoms with Crippen LogP contribution in [0.15, 0.2) is 24.3 Å². The number of anilines is 1. The first-order chi connectivity index (χ1) is 15.3. The maximum atomic E-state index is 12.8. The molecule has 32 heavy (non-hydrogen) atoms. The van der Waals surface area contributed by atoms with E-state index >= 15 is 0 Å². The summed E-state index contributed by atoms with van der Waals surface area (Å²) in [5.74, 6) is -1.55. The molecule has 1 aliphatic carbocycles. The number of esters is 1. The summed E-state index contributed by atoms with van der Waals surface area (Å²) in [6.07, 6.45) is 3.86.